The van der Waals surface area contributed by atoms with Crippen molar-refractivity contribution in [3.63, 3.8) is 0 Å². The lowest BCUT2D eigenvalue weighted by Gasteiger charge is -2.53. The molecule has 0 atom stereocenters. The van der Waals surface area contributed by atoms with Gasteiger partial charge in [0.2, 0.25) is 0 Å². The Balaban J connectivity index is 2.16. The fraction of sp³-hybridized carbons (Fsp3) is 0.269. The number of thiocarbonyl (C=S) groups is 1. The van der Waals surface area contributed by atoms with Gasteiger partial charge in [-0.1, -0.05) is 103 Å². The molecule has 3 aromatic rings. The average Bonchev–Trinajstić information content (AvgIpc) is 2.89. The molecule has 0 unspecified atom stereocenters. The van der Waals surface area contributed by atoms with Gasteiger partial charge in [0.05, 0.1) is 21.7 Å². The van der Waals surface area contributed by atoms with Crippen LogP contribution in [0, 0.1) is 0 Å². The number of hydrogen-bond acceptors (Lipinski definition) is 2. The summed E-state index contributed by atoms with van der Waals surface area (Å²) in [5.74, 6) is 0. The molecule has 1 saturated heterocycles. The second-order valence-electron chi connectivity index (χ2n) is 8.72. The van der Waals surface area contributed by atoms with Crippen molar-refractivity contribution in [3.8, 4) is 0 Å². The summed E-state index contributed by atoms with van der Waals surface area (Å²) in [6, 6.07) is 32.3. The molecule has 0 aliphatic carbocycles. The predicted molar refractivity (Wildman–Crippen MR) is 125 cm³/mol. The van der Waals surface area contributed by atoms with E-state index in [1.807, 2.05) is 0 Å². The molecule has 3 aromatic carbocycles. The largest absolute Gasteiger partial charge is 0.360 e. The Morgan fingerprint density at radius 2 is 1.00 bits per heavy atom. The molecule has 1 N–H and O–H groups in total. The van der Waals surface area contributed by atoms with Gasteiger partial charge in [-0.2, -0.15) is 0 Å². The molecule has 0 saturated carbocycles. The van der Waals surface area contributed by atoms with Crippen LogP contribution in [0.1, 0.15) is 44.4 Å². The molecule has 0 aromatic heterocycles. The fourth-order valence-corrected chi connectivity index (χ4v) is 5.39. The third kappa shape index (κ3) is 3.00. The average molecular weight is 401 g/mol. The summed E-state index contributed by atoms with van der Waals surface area (Å²) in [6.07, 6.45) is 0. The third-order valence-corrected chi connectivity index (χ3v) is 6.60. The highest BCUT2D eigenvalue weighted by Crippen LogP contribution is 2.51. The fourth-order valence-electron chi connectivity index (χ4n) is 5.05. The minimum Gasteiger partial charge on any atom is -0.360 e. The molecule has 1 heterocycles. The number of benzene rings is 3. The molecule has 148 valence electrons. The van der Waals surface area contributed by atoms with Crippen molar-refractivity contribution >= 4 is 17.2 Å². The topological polar surface area (TPSA) is 15.3 Å². The molecule has 1 fully saturated rings. The van der Waals surface area contributed by atoms with Crippen LogP contribution in [0.5, 0.6) is 0 Å². The highest BCUT2D eigenvalue weighted by atomic mass is 32.1. The number of nitrogens with one attached hydrogen (secondary N) is 1. The molecular formula is C26H28N2S. The van der Waals surface area contributed by atoms with Crippen LogP contribution >= 0.6 is 12.2 Å². The first-order chi connectivity index (χ1) is 13.8. The molecule has 2 nitrogen and oxygen atoms in total. The lowest BCUT2D eigenvalue weighted by atomic mass is 9.72. The summed E-state index contributed by atoms with van der Waals surface area (Å²) in [6.45, 7) is 8.89. The van der Waals surface area contributed by atoms with Crippen LogP contribution in [0.4, 0.5) is 0 Å². The Hall–Kier alpha value is -2.49. The Labute approximate surface area is 179 Å². The number of hydrogen-bond donors (Lipinski definition) is 1. The second kappa shape index (κ2) is 7.08. The molecule has 4 rings (SSSR count). The van der Waals surface area contributed by atoms with Crippen molar-refractivity contribution in [3.05, 3.63) is 108 Å². The van der Waals surface area contributed by atoms with Crippen LogP contribution in [0.2, 0.25) is 0 Å². The zero-order valence-electron chi connectivity index (χ0n) is 17.5. The van der Waals surface area contributed by atoms with Crippen LogP contribution in [0.3, 0.4) is 0 Å². The monoisotopic (exact) mass is 400 g/mol. The van der Waals surface area contributed by atoms with Gasteiger partial charge in [0.1, 0.15) is 0 Å². The minimum atomic E-state index is -0.510. The van der Waals surface area contributed by atoms with Crippen LogP contribution in [-0.2, 0) is 5.54 Å². The smallest absolute Gasteiger partial charge is 0.0998 e. The van der Waals surface area contributed by atoms with E-state index in [9.17, 15) is 0 Å². The molecule has 3 heteroatoms. The lowest BCUT2D eigenvalue weighted by Crippen LogP contribution is -2.62. The number of rotatable bonds is 4. The van der Waals surface area contributed by atoms with Gasteiger partial charge >= 0.3 is 0 Å². The first-order valence-electron chi connectivity index (χ1n) is 10.1. The standard InChI is InChI=1S/C26H28N2S/c1-24(2)23(29)27-25(3,4)28(24)26(20-14-8-5-9-15-20,21-16-10-6-11-17-21)22-18-12-7-13-19-22/h5-19H,1-4H3,(H,27,29). The van der Waals surface area contributed by atoms with Gasteiger partial charge in [0.25, 0.3) is 0 Å². The zero-order chi connectivity index (χ0) is 20.7. The summed E-state index contributed by atoms with van der Waals surface area (Å²) in [7, 11) is 0. The van der Waals surface area contributed by atoms with E-state index in [4.69, 9.17) is 12.2 Å². The molecule has 1 aliphatic heterocycles. The van der Waals surface area contributed by atoms with Gasteiger partial charge in [0.15, 0.2) is 0 Å². The first kappa shape index (κ1) is 19.8. The SMILES string of the molecule is CC1(C)NC(=S)C(C)(C)N1C(c1ccccc1)(c1ccccc1)c1ccccc1. The molecule has 29 heavy (non-hydrogen) atoms. The summed E-state index contributed by atoms with van der Waals surface area (Å²) < 4.78 is 0. The lowest BCUT2D eigenvalue weighted by molar-refractivity contribution is 0.00433. The van der Waals surface area contributed by atoms with Gasteiger partial charge in [-0.25, -0.2) is 0 Å². The van der Waals surface area contributed by atoms with Gasteiger partial charge < -0.3 is 5.32 Å². The maximum absolute atomic E-state index is 5.85. The van der Waals surface area contributed by atoms with E-state index < -0.39 is 5.54 Å². The van der Waals surface area contributed by atoms with Crippen LogP contribution in [0.25, 0.3) is 0 Å². The molecule has 0 radical (unpaired) electrons. The summed E-state index contributed by atoms with van der Waals surface area (Å²) in [5.41, 5.74) is 2.48. The Kier molecular flexibility index (Phi) is 4.84. The highest BCUT2D eigenvalue weighted by Gasteiger charge is 2.59. The normalized spacial score (nSPS) is 18.4. The Morgan fingerprint density at radius 3 is 1.28 bits per heavy atom. The minimum absolute atomic E-state index is 0.345. The van der Waals surface area contributed by atoms with Crippen molar-refractivity contribution in [2.45, 2.75) is 44.4 Å². The van der Waals surface area contributed by atoms with E-state index in [1.54, 1.807) is 0 Å². The maximum Gasteiger partial charge on any atom is 0.0998 e. The van der Waals surface area contributed by atoms with E-state index in [2.05, 4.69) is 129 Å². The van der Waals surface area contributed by atoms with Crippen molar-refractivity contribution < 1.29 is 0 Å². The maximum atomic E-state index is 5.85. The van der Waals surface area contributed by atoms with Crippen molar-refractivity contribution in [1.82, 2.24) is 10.2 Å². The van der Waals surface area contributed by atoms with Crippen LogP contribution < -0.4 is 5.32 Å². The van der Waals surface area contributed by atoms with Gasteiger partial charge in [-0.05, 0) is 44.4 Å². The third-order valence-electron chi connectivity index (χ3n) is 6.00. The van der Waals surface area contributed by atoms with E-state index >= 15 is 0 Å². The van der Waals surface area contributed by atoms with Crippen LogP contribution in [0.15, 0.2) is 91.0 Å². The van der Waals surface area contributed by atoms with Gasteiger partial charge in [0, 0.05) is 0 Å². The Bertz CT molecular complexity index is 898. The Morgan fingerprint density at radius 1 is 0.655 bits per heavy atom. The second-order valence-corrected chi connectivity index (χ2v) is 9.12. The molecule has 0 spiro atoms. The molecular weight excluding hydrogens is 372 g/mol. The van der Waals surface area contributed by atoms with Crippen molar-refractivity contribution in [2.75, 3.05) is 0 Å². The van der Waals surface area contributed by atoms with Gasteiger partial charge in [-0.3, -0.25) is 4.90 Å². The zero-order valence-corrected chi connectivity index (χ0v) is 18.3. The predicted octanol–water partition coefficient (Wildman–Crippen LogP) is 5.73. The van der Waals surface area contributed by atoms with E-state index in [0.29, 0.717) is 0 Å². The van der Waals surface area contributed by atoms with Gasteiger partial charge in [-0.15, -0.1) is 0 Å². The van der Waals surface area contributed by atoms with E-state index in [-0.39, 0.29) is 11.2 Å². The van der Waals surface area contributed by atoms with E-state index in [1.165, 1.54) is 16.7 Å². The summed E-state index contributed by atoms with van der Waals surface area (Å²) >= 11 is 5.85. The first-order valence-corrected chi connectivity index (χ1v) is 10.5. The van der Waals surface area contributed by atoms with Crippen molar-refractivity contribution in [2.24, 2.45) is 0 Å². The summed E-state index contributed by atoms with van der Waals surface area (Å²) in [5, 5.41) is 3.61. The number of nitrogens with zero attached hydrogens (tertiary/aromatic N) is 1. The summed E-state index contributed by atoms with van der Waals surface area (Å²) in [4.78, 5) is 3.42. The molecule has 0 amide bonds. The molecule has 0 bridgehead atoms. The highest BCUT2D eigenvalue weighted by molar-refractivity contribution is 7.80. The van der Waals surface area contributed by atoms with Crippen LogP contribution in [-0.4, -0.2) is 21.1 Å². The van der Waals surface area contributed by atoms with Crippen molar-refractivity contribution in [1.29, 1.82) is 0 Å². The molecule has 1 aliphatic rings. The van der Waals surface area contributed by atoms with E-state index in [0.717, 1.165) is 4.99 Å². The quantitative estimate of drug-likeness (QED) is 0.445.